The number of anilines is 1. The second-order valence-corrected chi connectivity index (χ2v) is 6.91. The maximum atomic E-state index is 4.33. The van der Waals surface area contributed by atoms with Crippen molar-refractivity contribution in [3.05, 3.63) is 11.4 Å². The zero-order chi connectivity index (χ0) is 13.9. The van der Waals surface area contributed by atoms with E-state index in [0.29, 0.717) is 6.04 Å². The molecule has 3 heteroatoms. The highest BCUT2D eigenvalue weighted by Crippen LogP contribution is 2.39. The topological polar surface area (TPSA) is 40.7 Å². The number of aryl methyl sites for hydroxylation is 2. The Labute approximate surface area is 122 Å². The zero-order valence-corrected chi connectivity index (χ0v) is 13.0. The molecule has 1 aromatic rings. The third-order valence-electron chi connectivity index (χ3n) is 5.53. The van der Waals surface area contributed by atoms with Gasteiger partial charge in [-0.15, -0.1) is 0 Å². The molecule has 1 heterocycles. The Kier molecular flexibility index (Phi) is 4.32. The van der Waals surface area contributed by atoms with E-state index >= 15 is 0 Å². The minimum atomic E-state index is 0.668. The van der Waals surface area contributed by atoms with Crippen LogP contribution in [0.2, 0.25) is 0 Å². The number of aromatic amines is 1. The Morgan fingerprint density at radius 1 is 0.950 bits per heavy atom. The maximum Gasteiger partial charge on any atom is 0.0825 e. The summed E-state index contributed by atoms with van der Waals surface area (Å²) in [6.07, 6.45) is 12.9. The molecule has 2 saturated carbocycles. The van der Waals surface area contributed by atoms with E-state index in [0.717, 1.165) is 17.5 Å². The van der Waals surface area contributed by atoms with Crippen molar-refractivity contribution in [2.75, 3.05) is 5.32 Å². The molecule has 3 rings (SSSR count). The lowest BCUT2D eigenvalue weighted by Crippen LogP contribution is -2.37. The highest BCUT2D eigenvalue weighted by atomic mass is 15.2. The number of rotatable bonds is 3. The normalized spacial score (nSPS) is 28.5. The SMILES string of the molecule is Cc1n[nH]c(C)c1NC1CCCCC1C1CCCCC1. The summed E-state index contributed by atoms with van der Waals surface area (Å²) < 4.78 is 0. The molecule has 2 N–H and O–H groups in total. The molecule has 0 spiro atoms. The first-order valence-electron chi connectivity index (χ1n) is 8.54. The summed E-state index contributed by atoms with van der Waals surface area (Å²) in [6.45, 7) is 4.23. The first-order valence-corrected chi connectivity index (χ1v) is 8.54. The van der Waals surface area contributed by atoms with Gasteiger partial charge in [-0.25, -0.2) is 0 Å². The summed E-state index contributed by atoms with van der Waals surface area (Å²) in [4.78, 5) is 0. The van der Waals surface area contributed by atoms with Crippen LogP contribution in [0.1, 0.15) is 69.2 Å². The third kappa shape index (κ3) is 2.87. The Balaban J connectivity index is 1.71. The van der Waals surface area contributed by atoms with Gasteiger partial charge in [-0.3, -0.25) is 5.10 Å². The second-order valence-electron chi connectivity index (χ2n) is 6.91. The largest absolute Gasteiger partial charge is 0.379 e. The van der Waals surface area contributed by atoms with Gasteiger partial charge in [0.25, 0.3) is 0 Å². The van der Waals surface area contributed by atoms with E-state index in [-0.39, 0.29) is 0 Å². The lowest BCUT2D eigenvalue weighted by atomic mass is 9.71. The van der Waals surface area contributed by atoms with E-state index in [1.54, 1.807) is 0 Å². The molecule has 2 aliphatic rings. The molecule has 20 heavy (non-hydrogen) atoms. The molecule has 0 radical (unpaired) electrons. The third-order valence-corrected chi connectivity index (χ3v) is 5.53. The van der Waals surface area contributed by atoms with Crippen molar-refractivity contribution >= 4 is 5.69 Å². The van der Waals surface area contributed by atoms with E-state index in [2.05, 4.69) is 29.4 Å². The van der Waals surface area contributed by atoms with Gasteiger partial charge in [0.2, 0.25) is 0 Å². The van der Waals surface area contributed by atoms with Crippen molar-refractivity contribution < 1.29 is 0 Å². The van der Waals surface area contributed by atoms with Crippen LogP contribution in [0.5, 0.6) is 0 Å². The first kappa shape index (κ1) is 14.0. The smallest absolute Gasteiger partial charge is 0.0825 e. The Bertz CT molecular complexity index is 412. The summed E-state index contributed by atoms with van der Waals surface area (Å²) in [5, 5.41) is 11.3. The Hall–Kier alpha value is -0.990. The van der Waals surface area contributed by atoms with Crippen LogP contribution in [0.15, 0.2) is 0 Å². The zero-order valence-electron chi connectivity index (χ0n) is 13.0. The number of aromatic nitrogens is 2. The van der Waals surface area contributed by atoms with Crippen molar-refractivity contribution in [2.45, 2.75) is 77.7 Å². The van der Waals surface area contributed by atoms with Crippen LogP contribution in [0.3, 0.4) is 0 Å². The minimum absolute atomic E-state index is 0.668. The lowest BCUT2D eigenvalue weighted by Gasteiger charge is -2.39. The number of H-pyrrole nitrogens is 1. The fraction of sp³-hybridized carbons (Fsp3) is 0.824. The maximum absolute atomic E-state index is 4.33. The Morgan fingerprint density at radius 3 is 2.35 bits per heavy atom. The first-order chi connectivity index (χ1) is 9.75. The van der Waals surface area contributed by atoms with Gasteiger partial charge >= 0.3 is 0 Å². The van der Waals surface area contributed by atoms with Crippen molar-refractivity contribution in [1.29, 1.82) is 0 Å². The summed E-state index contributed by atoms with van der Waals surface area (Å²) in [5.41, 5.74) is 3.57. The van der Waals surface area contributed by atoms with Crippen LogP contribution < -0.4 is 5.32 Å². The van der Waals surface area contributed by atoms with Gasteiger partial charge in [0.1, 0.15) is 0 Å². The van der Waals surface area contributed by atoms with E-state index in [1.807, 2.05) is 0 Å². The summed E-state index contributed by atoms with van der Waals surface area (Å²) in [6, 6.07) is 0.668. The molecule has 0 saturated heterocycles. The van der Waals surface area contributed by atoms with Crippen molar-refractivity contribution in [1.82, 2.24) is 10.2 Å². The van der Waals surface area contributed by atoms with Gasteiger partial charge in [-0.05, 0) is 38.5 Å². The molecule has 2 fully saturated rings. The minimum Gasteiger partial charge on any atom is -0.379 e. The van der Waals surface area contributed by atoms with Crippen molar-refractivity contribution in [3.63, 3.8) is 0 Å². The van der Waals surface area contributed by atoms with Gasteiger partial charge < -0.3 is 5.32 Å². The van der Waals surface area contributed by atoms with Crippen LogP contribution in [-0.4, -0.2) is 16.2 Å². The fourth-order valence-corrected chi connectivity index (χ4v) is 4.41. The molecule has 0 amide bonds. The summed E-state index contributed by atoms with van der Waals surface area (Å²) in [7, 11) is 0. The number of nitrogens with one attached hydrogen (secondary N) is 2. The van der Waals surface area contributed by atoms with Gasteiger partial charge in [0.05, 0.1) is 17.1 Å². The van der Waals surface area contributed by atoms with E-state index < -0.39 is 0 Å². The molecule has 0 aliphatic heterocycles. The van der Waals surface area contributed by atoms with Crippen molar-refractivity contribution in [2.24, 2.45) is 11.8 Å². The monoisotopic (exact) mass is 275 g/mol. The van der Waals surface area contributed by atoms with Crippen molar-refractivity contribution in [3.8, 4) is 0 Å². The quantitative estimate of drug-likeness (QED) is 0.848. The summed E-state index contributed by atoms with van der Waals surface area (Å²) >= 11 is 0. The van der Waals surface area contributed by atoms with E-state index in [9.17, 15) is 0 Å². The Morgan fingerprint density at radius 2 is 1.65 bits per heavy atom. The average molecular weight is 275 g/mol. The highest BCUT2D eigenvalue weighted by Gasteiger charge is 2.33. The molecule has 2 aliphatic carbocycles. The predicted octanol–water partition coefficient (Wildman–Crippen LogP) is 4.58. The molecule has 2 unspecified atom stereocenters. The molecule has 0 bridgehead atoms. The van der Waals surface area contributed by atoms with Gasteiger partial charge in [0, 0.05) is 6.04 Å². The van der Waals surface area contributed by atoms with E-state index in [1.165, 1.54) is 69.2 Å². The molecule has 0 aromatic carbocycles. The molecule has 1 aromatic heterocycles. The molecule has 112 valence electrons. The number of hydrogen-bond donors (Lipinski definition) is 2. The number of hydrogen-bond acceptors (Lipinski definition) is 2. The standard InChI is InChI=1S/C17H29N3/c1-12-17(13(2)20-19-12)18-16-11-7-6-10-15(16)14-8-4-3-5-9-14/h14-16,18H,3-11H2,1-2H3,(H,19,20). The van der Waals surface area contributed by atoms with Gasteiger partial charge in [-0.1, -0.05) is 44.9 Å². The van der Waals surface area contributed by atoms with Crippen LogP contribution in [0, 0.1) is 25.7 Å². The molecule has 2 atom stereocenters. The molecular weight excluding hydrogens is 246 g/mol. The summed E-state index contributed by atoms with van der Waals surface area (Å²) in [5.74, 6) is 1.85. The van der Waals surface area contributed by atoms with Crippen LogP contribution in [0.4, 0.5) is 5.69 Å². The second kappa shape index (κ2) is 6.19. The molecular formula is C17H29N3. The van der Waals surface area contributed by atoms with Crippen LogP contribution >= 0.6 is 0 Å². The van der Waals surface area contributed by atoms with Crippen LogP contribution in [-0.2, 0) is 0 Å². The fourth-order valence-electron chi connectivity index (χ4n) is 4.41. The number of nitrogens with zero attached hydrogens (tertiary/aromatic N) is 1. The molecule has 3 nitrogen and oxygen atoms in total. The predicted molar refractivity (Wildman–Crippen MR) is 84.0 cm³/mol. The lowest BCUT2D eigenvalue weighted by molar-refractivity contribution is 0.180. The highest BCUT2D eigenvalue weighted by molar-refractivity contribution is 5.52. The van der Waals surface area contributed by atoms with Gasteiger partial charge in [0.15, 0.2) is 0 Å². The average Bonchev–Trinajstić information content (AvgIpc) is 2.81. The van der Waals surface area contributed by atoms with Gasteiger partial charge in [-0.2, -0.15) is 5.10 Å². The van der Waals surface area contributed by atoms with E-state index in [4.69, 9.17) is 0 Å². The van der Waals surface area contributed by atoms with Crippen LogP contribution in [0.25, 0.3) is 0 Å².